The van der Waals surface area contributed by atoms with Gasteiger partial charge in [0.15, 0.2) is 0 Å². The van der Waals surface area contributed by atoms with Gasteiger partial charge in [-0.15, -0.1) is 0 Å². The van der Waals surface area contributed by atoms with E-state index in [1.807, 2.05) is 6.20 Å². The SMILES string of the molecule is CCNC(Cc1ccc(CC)cn1)c1ncc(Cl)cc1Cl. The summed E-state index contributed by atoms with van der Waals surface area (Å²) in [5.74, 6) is 0. The Morgan fingerprint density at radius 2 is 1.95 bits per heavy atom. The van der Waals surface area contributed by atoms with Crippen LogP contribution in [0.5, 0.6) is 0 Å². The summed E-state index contributed by atoms with van der Waals surface area (Å²) < 4.78 is 0. The summed E-state index contributed by atoms with van der Waals surface area (Å²) in [7, 11) is 0. The van der Waals surface area contributed by atoms with Crippen molar-refractivity contribution in [2.24, 2.45) is 0 Å². The van der Waals surface area contributed by atoms with Crippen LogP contribution in [0, 0.1) is 0 Å². The van der Waals surface area contributed by atoms with E-state index in [1.54, 1.807) is 12.3 Å². The Balaban J connectivity index is 2.21. The highest BCUT2D eigenvalue weighted by Crippen LogP contribution is 2.26. The Bertz CT molecular complexity index is 585. The highest BCUT2D eigenvalue weighted by Gasteiger charge is 2.17. The molecule has 0 aliphatic heterocycles. The molecule has 0 aliphatic rings. The van der Waals surface area contributed by atoms with E-state index < -0.39 is 0 Å². The number of pyridine rings is 2. The van der Waals surface area contributed by atoms with E-state index in [2.05, 4.69) is 41.3 Å². The van der Waals surface area contributed by atoms with Crippen molar-refractivity contribution in [3.05, 3.63) is 57.6 Å². The van der Waals surface area contributed by atoms with E-state index in [1.165, 1.54) is 5.56 Å². The zero-order chi connectivity index (χ0) is 15.2. The molecule has 0 radical (unpaired) electrons. The van der Waals surface area contributed by atoms with Gasteiger partial charge in [0, 0.05) is 24.5 Å². The van der Waals surface area contributed by atoms with E-state index in [-0.39, 0.29) is 6.04 Å². The molecule has 0 spiro atoms. The molecule has 5 heteroatoms. The van der Waals surface area contributed by atoms with Crippen LogP contribution in [0.4, 0.5) is 0 Å². The van der Waals surface area contributed by atoms with Crippen LogP contribution in [-0.4, -0.2) is 16.5 Å². The maximum Gasteiger partial charge on any atom is 0.0764 e. The lowest BCUT2D eigenvalue weighted by atomic mass is 10.1. The van der Waals surface area contributed by atoms with Crippen molar-refractivity contribution >= 4 is 23.2 Å². The van der Waals surface area contributed by atoms with Crippen molar-refractivity contribution in [3.8, 4) is 0 Å². The van der Waals surface area contributed by atoms with Crippen LogP contribution < -0.4 is 5.32 Å². The lowest BCUT2D eigenvalue weighted by molar-refractivity contribution is 0.531. The molecule has 0 aliphatic carbocycles. The van der Waals surface area contributed by atoms with Gasteiger partial charge in [0.05, 0.1) is 21.8 Å². The van der Waals surface area contributed by atoms with Crippen LogP contribution >= 0.6 is 23.2 Å². The van der Waals surface area contributed by atoms with Gasteiger partial charge in [0.25, 0.3) is 0 Å². The number of nitrogens with zero attached hydrogens (tertiary/aromatic N) is 2. The molecule has 0 bridgehead atoms. The number of hydrogen-bond acceptors (Lipinski definition) is 3. The first-order valence-corrected chi connectivity index (χ1v) is 7.87. The number of aromatic nitrogens is 2. The summed E-state index contributed by atoms with van der Waals surface area (Å²) in [5, 5.41) is 4.53. The molecular formula is C16H19Cl2N3. The monoisotopic (exact) mass is 323 g/mol. The predicted molar refractivity (Wildman–Crippen MR) is 88.0 cm³/mol. The summed E-state index contributed by atoms with van der Waals surface area (Å²) in [6, 6.07) is 5.93. The molecule has 0 saturated carbocycles. The first-order chi connectivity index (χ1) is 10.1. The van der Waals surface area contributed by atoms with Gasteiger partial charge in [-0.3, -0.25) is 9.97 Å². The molecular weight excluding hydrogens is 305 g/mol. The minimum atomic E-state index is 0.0275. The van der Waals surface area contributed by atoms with E-state index >= 15 is 0 Å². The molecule has 21 heavy (non-hydrogen) atoms. The second-order valence-corrected chi connectivity index (χ2v) is 5.69. The molecule has 2 aromatic rings. The summed E-state index contributed by atoms with van der Waals surface area (Å²) >= 11 is 12.2. The maximum absolute atomic E-state index is 6.27. The highest BCUT2D eigenvalue weighted by atomic mass is 35.5. The number of likely N-dealkylation sites (N-methyl/N-ethyl adjacent to an activating group) is 1. The van der Waals surface area contributed by atoms with E-state index in [0.717, 1.165) is 30.8 Å². The Hall–Kier alpha value is -1.16. The predicted octanol–water partition coefficient (Wildman–Crippen LogP) is 4.24. The third kappa shape index (κ3) is 4.40. The van der Waals surface area contributed by atoms with Gasteiger partial charge < -0.3 is 5.32 Å². The first-order valence-electron chi connectivity index (χ1n) is 7.12. The van der Waals surface area contributed by atoms with E-state index in [4.69, 9.17) is 23.2 Å². The number of hydrogen-bond donors (Lipinski definition) is 1. The van der Waals surface area contributed by atoms with Crippen LogP contribution in [0.2, 0.25) is 10.0 Å². The van der Waals surface area contributed by atoms with E-state index in [9.17, 15) is 0 Å². The Kier molecular flexibility index (Phi) is 5.97. The highest BCUT2D eigenvalue weighted by molar-refractivity contribution is 6.34. The van der Waals surface area contributed by atoms with Crippen LogP contribution in [0.25, 0.3) is 0 Å². The van der Waals surface area contributed by atoms with Crippen LogP contribution in [0.3, 0.4) is 0 Å². The van der Waals surface area contributed by atoms with E-state index in [0.29, 0.717) is 10.0 Å². The zero-order valence-corrected chi connectivity index (χ0v) is 13.7. The second kappa shape index (κ2) is 7.74. The molecule has 112 valence electrons. The fourth-order valence-electron chi connectivity index (χ4n) is 2.19. The van der Waals surface area contributed by atoms with Gasteiger partial charge in [-0.2, -0.15) is 0 Å². The summed E-state index contributed by atoms with van der Waals surface area (Å²) in [5.41, 5.74) is 3.07. The lowest BCUT2D eigenvalue weighted by Gasteiger charge is -2.18. The molecule has 0 amide bonds. The smallest absolute Gasteiger partial charge is 0.0764 e. The van der Waals surface area contributed by atoms with Gasteiger partial charge in [-0.05, 0) is 30.7 Å². The zero-order valence-electron chi connectivity index (χ0n) is 12.2. The molecule has 2 heterocycles. The molecule has 0 fully saturated rings. The Morgan fingerprint density at radius 3 is 2.52 bits per heavy atom. The molecule has 2 aromatic heterocycles. The number of halogens is 2. The standard InChI is InChI=1S/C16H19Cl2N3/c1-3-11-5-6-13(20-9-11)8-15(19-4-2)16-14(18)7-12(17)10-21-16/h5-7,9-10,15,19H,3-4,8H2,1-2H3. The third-order valence-electron chi connectivity index (χ3n) is 3.32. The second-order valence-electron chi connectivity index (χ2n) is 4.85. The number of rotatable bonds is 6. The average molecular weight is 324 g/mol. The molecule has 1 atom stereocenters. The topological polar surface area (TPSA) is 37.8 Å². The molecule has 1 N–H and O–H groups in total. The minimum Gasteiger partial charge on any atom is -0.309 e. The first kappa shape index (κ1) is 16.2. The summed E-state index contributed by atoms with van der Waals surface area (Å²) in [6.45, 7) is 5.01. The molecule has 2 rings (SSSR count). The van der Waals surface area contributed by atoms with Gasteiger partial charge >= 0.3 is 0 Å². The largest absolute Gasteiger partial charge is 0.309 e. The molecule has 3 nitrogen and oxygen atoms in total. The van der Waals surface area contributed by atoms with Crippen molar-refractivity contribution in [2.45, 2.75) is 32.7 Å². The van der Waals surface area contributed by atoms with Crippen molar-refractivity contribution in [3.63, 3.8) is 0 Å². The van der Waals surface area contributed by atoms with Gasteiger partial charge in [0.2, 0.25) is 0 Å². The van der Waals surface area contributed by atoms with Gasteiger partial charge in [0.1, 0.15) is 0 Å². The molecule has 1 unspecified atom stereocenters. The Labute approximate surface area is 135 Å². The van der Waals surface area contributed by atoms with Crippen molar-refractivity contribution < 1.29 is 0 Å². The Morgan fingerprint density at radius 1 is 1.14 bits per heavy atom. The van der Waals surface area contributed by atoms with Crippen LogP contribution in [-0.2, 0) is 12.8 Å². The minimum absolute atomic E-state index is 0.0275. The maximum atomic E-state index is 6.27. The number of aryl methyl sites for hydroxylation is 1. The van der Waals surface area contributed by atoms with Crippen molar-refractivity contribution in [1.29, 1.82) is 0 Å². The lowest BCUT2D eigenvalue weighted by Crippen LogP contribution is -2.24. The molecule has 0 saturated heterocycles. The van der Waals surface area contributed by atoms with Crippen molar-refractivity contribution in [1.82, 2.24) is 15.3 Å². The van der Waals surface area contributed by atoms with Gasteiger partial charge in [-0.25, -0.2) is 0 Å². The summed E-state index contributed by atoms with van der Waals surface area (Å²) in [4.78, 5) is 8.88. The fraction of sp³-hybridized carbons (Fsp3) is 0.375. The van der Waals surface area contributed by atoms with Crippen molar-refractivity contribution in [2.75, 3.05) is 6.54 Å². The van der Waals surface area contributed by atoms with Crippen LogP contribution in [0.1, 0.15) is 36.8 Å². The average Bonchev–Trinajstić information content (AvgIpc) is 2.48. The fourth-order valence-corrected chi connectivity index (χ4v) is 2.70. The quantitative estimate of drug-likeness (QED) is 0.864. The van der Waals surface area contributed by atoms with Gasteiger partial charge in [-0.1, -0.05) is 43.1 Å². The normalized spacial score (nSPS) is 12.4. The summed E-state index contributed by atoms with van der Waals surface area (Å²) in [6.07, 6.45) is 5.29. The number of nitrogens with one attached hydrogen (secondary N) is 1. The van der Waals surface area contributed by atoms with Crippen LogP contribution in [0.15, 0.2) is 30.6 Å². The molecule has 0 aromatic carbocycles. The third-order valence-corrected chi connectivity index (χ3v) is 3.83.